The van der Waals surface area contributed by atoms with Crippen molar-refractivity contribution in [3.63, 3.8) is 0 Å². The maximum Gasteiger partial charge on any atom is 0.200 e. The average Bonchev–Trinajstić information content (AvgIpc) is 2.77. The number of benzene rings is 1. The lowest BCUT2D eigenvalue weighted by atomic mass is 10.0. The van der Waals surface area contributed by atoms with Crippen molar-refractivity contribution in [2.75, 3.05) is 6.54 Å². The normalized spacial score (nSPS) is 19.2. The molecule has 1 N–H and O–H groups in total. The molecular weight excluding hydrogens is 265 g/mol. The van der Waals surface area contributed by atoms with Crippen LogP contribution in [0.5, 0.6) is 0 Å². The number of hydrogen-bond acceptors (Lipinski definition) is 1. The zero-order valence-electron chi connectivity index (χ0n) is 8.50. The molecule has 1 fully saturated rings. The number of hydrogen-bond donors (Lipinski definition) is 1. The van der Waals surface area contributed by atoms with Crippen LogP contribution in [0.4, 0.5) is 22.0 Å². The minimum Gasteiger partial charge on any atom is -0.310 e. The van der Waals surface area contributed by atoms with Gasteiger partial charge in [0.05, 0.1) is 0 Å². The lowest BCUT2D eigenvalue weighted by Crippen LogP contribution is -2.19. The largest absolute Gasteiger partial charge is 0.310 e. The first-order valence-electron chi connectivity index (χ1n) is 4.78. The van der Waals surface area contributed by atoms with E-state index in [2.05, 4.69) is 5.32 Å². The Labute approximate surface area is 100 Å². The summed E-state index contributed by atoms with van der Waals surface area (Å²) in [5, 5.41) is 2.69. The summed E-state index contributed by atoms with van der Waals surface area (Å²) in [6.07, 6.45) is 1.00. The molecule has 0 amide bonds. The molecule has 0 aliphatic carbocycles. The highest BCUT2D eigenvalue weighted by Gasteiger charge is 2.31. The molecule has 96 valence electrons. The van der Waals surface area contributed by atoms with Crippen LogP contribution in [0.3, 0.4) is 0 Å². The standard InChI is InChI=1S/C10H8F5N.ClH/c11-6-5(4-2-1-3-16-4)7(12)9(14)10(15)8(6)13;/h4,16H,1-3H2;1H/t4-;/m1./s1. The van der Waals surface area contributed by atoms with E-state index in [9.17, 15) is 22.0 Å². The molecule has 7 heteroatoms. The molecule has 0 spiro atoms. The Bertz CT molecular complexity index is 402. The van der Waals surface area contributed by atoms with E-state index in [1.165, 1.54) is 0 Å². The maximum absolute atomic E-state index is 13.3. The minimum atomic E-state index is -2.11. The Kier molecular flexibility index (Phi) is 4.32. The average molecular weight is 274 g/mol. The van der Waals surface area contributed by atoms with Crippen molar-refractivity contribution >= 4 is 12.4 Å². The van der Waals surface area contributed by atoms with Crippen LogP contribution in [-0.4, -0.2) is 6.54 Å². The number of rotatable bonds is 1. The zero-order chi connectivity index (χ0) is 11.9. The fraction of sp³-hybridized carbons (Fsp3) is 0.400. The van der Waals surface area contributed by atoms with Crippen LogP contribution in [0.2, 0.25) is 0 Å². The van der Waals surface area contributed by atoms with Gasteiger partial charge in [-0.25, -0.2) is 22.0 Å². The van der Waals surface area contributed by atoms with Gasteiger partial charge in [-0.3, -0.25) is 0 Å². The molecule has 17 heavy (non-hydrogen) atoms. The summed E-state index contributed by atoms with van der Waals surface area (Å²) in [5.74, 6) is -9.37. The molecule has 1 saturated heterocycles. The van der Waals surface area contributed by atoms with E-state index >= 15 is 0 Å². The Morgan fingerprint density at radius 3 is 1.71 bits per heavy atom. The van der Waals surface area contributed by atoms with E-state index in [-0.39, 0.29) is 12.4 Å². The zero-order valence-corrected chi connectivity index (χ0v) is 9.31. The monoisotopic (exact) mass is 273 g/mol. The molecule has 0 aromatic heterocycles. The molecule has 1 nitrogen and oxygen atoms in total. The van der Waals surface area contributed by atoms with Crippen LogP contribution in [0, 0.1) is 29.1 Å². The van der Waals surface area contributed by atoms with E-state index in [1.54, 1.807) is 0 Å². The van der Waals surface area contributed by atoms with Crippen molar-refractivity contribution in [2.45, 2.75) is 18.9 Å². The molecule has 1 aromatic carbocycles. The highest BCUT2D eigenvalue weighted by Crippen LogP contribution is 2.31. The van der Waals surface area contributed by atoms with Gasteiger partial charge in [0.2, 0.25) is 5.82 Å². The van der Waals surface area contributed by atoms with Crippen LogP contribution in [0.1, 0.15) is 24.4 Å². The van der Waals surface area contributed by atoms with Gasteiger partial charge in [-0.15, -0.1) is 12.4 Å². The SMILES string of the molecule is Cl.Fc1c(F)c(F)c([C@H]2CCCN2)c(F)c1F. The second-order valence-corrected chi connectivity index (χ2v) is 3.63. The van der Waals surface area contributed by atoms with Gasteiger partial charge < -0.3 is 5.32 Å². The van der Waals surface area contributed by atoms with Crippen molar-refractivity contribution in [1.82, 2.24) is 5.32 Å². The van der Waals surface area contributed by atoms with Crippen molar-refractivity contribution in [1.29, 1.82) is 0 Å². The Balaban J connectivity index is 0.00000144. The number of halogens is 6. The van der Waals surface area contributed by atoms with Crippen molar-refractivity contribution < 1.29 is 22.0 Å². The van der Waals surface area contributed by atoms with Gasteiger partial charge in [-0.05, 0) is 19.4 Å². The summed E-state index contributed by atoms with van der Waals surface area (Å²) in [5.41, 5.74) is -0.756. The molecular formula is C10H9ClF5N. The summed E-state index contributed by atoms with van der Waals surface area (Å²) < 4.78 is 65.1. The van der Waals surface area contributed by atoms with E-state index < -0.39 is 40.7 Å². The predicted octanol–water partition coefficient (Wildman–Crippen LogP) is 3.23. The molecule has 0 bridgehead atoms. The minimum absolute atomic E-state index is 0. The van der Waals surface area contributed by atoms with E-state index in [1.807, 2.05) is 0 Å². The van der Waals surface area contributed by atoms with Crippen molar-refractivity contribution in [3.05, 3.63) is 34.6 Å². The maximum atomic E-state index is 13.3. The van der Waals surface area contributed by atoms with Gasteiger partial charge in [0, 0.05) is 11.6 Å². The molecule has 1 heterocycles. The molecule has 0 saturated carbocycles. The van der Waals surface area contributed by atoms with Crippen molar-refractivity contribution in [2.24, 2.45) is 0 Å². The Morgan fingerprint density at radius 1 is 0.824 bits per heavy atom. The second kappa shape index (κ2) is 5.18. The third kappa shape index (κ3) is 2.24. The molecule has 1 aliphatic rings. The van der Waals surface area contributed by atoms with Crippen LogP contribution in [0.15, 0.2) is 0 Å². The van der Waals surface area contributed by atoms with Gasteiger partial charge in [0.1, 0.15) is 0 Å². The Hall–Kier alpha value is -0.880. The molecule has 0 unspecified atom stereocenters. The van der Waals surface area contributed by atoms with Gasteiger partial charge in [-0.2, -0.15) is 0 Å². The van der Waals surface area contributed by atoms with E-state index in [0.717, 1.165) is 0 Å². The van der Waals surface area contributed by atoms with Crippen molar-refractivity contribution in [3.8, 4) is 0 Å². The topological polar surface area (TPSA) is 12.0 Å². The lowest BCUT2D eigenvalue weighted by molar-refractivity contribution is 0.361. The fourth-order valence-corrected chi connectivity index (χ4v) is 1.86. The first-order chi connectivity index (χ1) is 7.54. The molecule has 0 radical (unpaired) electrons. The van der Waals surface area contributed by atoms with Gasteiger partial charge in [0.15, 0.2) is 23.3 Å². The first kappa shape index (κ1) is 14.2. The van der Waals surface area contributed by atoms with Crippen LogP contribution < -0.4 is 5.32 Å². The Morgan fingerprint density at radius 2 is 1.29 bits per heavy atom. The molecule has 1 aromatic rings. The fourth-order valence-electron chi connectivity index (χ4n) is 1.86. The third-order valence-electron chi connectivity index (χ3n) is 2.65. The predicted molar refractivity (Wildman–Crippen MR) is 53.5 cm³/mol. The summed E-state index contributed by atoms with van der Waals surface area (Å²) in [6.45, 7) is 0.504. The summed E-state index contributed by atoms with van der Waals surface area (Å²) in [6, 6.07) is -0.801. The first-order valence-corrected chi connectivity index (χ1v) is 4.78. The second-order valence-electron chi connectivity index (χ2n) is 3.63. The molecule has 2 rings (SSSR count). The van der Waals surface area contributed by atoms with Crippen LogP contribution in [0.25, 0.3) is 0 Å². The van der Waals surface area contributed by atoms with Crippen LogP contribution >= 0.6 is 12.4 Å². The highest BCUT2D eigenvalue weighted by atomic mass is 35.5. The smallest absolute Gasteiger partial charge is 0.200 e. The summed E-state index contributed by atoms with van der Waals surface area (Å²) >= 11 is 0. The lowest BCUT2D eigenvalue weighted by Gasteiger charge is -2.14. The van der Waals surface area contributed by atoms with Gasteiger partial charge in [0.25, 0.3) is 0 Å². The van der Waals surface area contributed by atoms with Gasteiger partial charge >= 0.3 is 0 Å². The van der Waals surface area contributed by atoms with Gasteiger partial charge in [-0.1, -0.05) is 0 Å². The summed E-state index contributed by atoms with van der Waals surface area (Å²) in [4.78, 5) is 0. The number of nitrogens with one attached hydrogen (secondary N) is 1. The third-order valence-corrected chi connectivity index (χ3v) is 2.65. The highest BCUT2D eigenvalue weighted by molar-refractivity contribution is 5.85. The molecule has 1 aliphatic heterocycles. The molecule has 1 atom stereocenters. The van der Waals surface area contributed by atoms with E-state index in [0.29, 0.717) is 19.4 Å². The van der Waals surface area contributed by atoms with E-state index in [4.69, 9.17) is 0 Å². The summed E-state index contributed by atoms with van der Waals surface area (Å²) in [7, 11) is 0. The quantitative estimate of drug-likeness (QED) is 0.471. The van der Waals surface area contributed by atoms with Crippen LogP contribution in [-0.2, 0) is 0 Å².